The summed E-state index contributed by atoms with van der Waals surface area (Å²) >= 11 is 5.70. The summed E-state index contributed by atoms with van der Waals surface area (Å²) in [5.74, 6) is 0. The third-order valence-electron chi connectivity index (χ3n) is 1.30. The summed E-state index contributed by atoms with van der Waals surface area (Å²) < 4.78 is 1.46. The van der Waals surface area contributed by atoms with E-state index >= 15 is 0 Å². The fourth-order valence-electron chi connectivity index (χ4n) is 0.778. The molecule has 0 amide bonds. The highest BCUT2D eigenvalue weighted by atomic mass is 35.5. The lowest BCUT2D eigenvalue weighted by Crippen LogP contribution is -1.95. The van der Waals surface area contributed by atoms with E-state index in [1.807, 2.05) is 0 Å². The van der Waals surface area contributed by atoms with Crippen LogP contribution in [0.3, 0.4) is 0 Å². The van der Waals surface area contributed by atoms with E-state index in [4.69, 9.17) is 11.6 Å². The summed E-state index contributed by atoms with van der Waals surface area (Å²) in [7, 11) is 1.68. The van der Waals surface area contributed by atoms with Crippen molar-refractivity contribution < 1.29 is 4.79 Å². The fourth-order valence-corrected chi connectivity index (χ4v) is 0.983. The molecule has 0 unspecified atom stereocenters. The summed E-state index contributed by atoms with van der Waals surface area (Å²) in [5.41, 5.74) is 1.12. The molecule has 0 aliphatic rings. The Morgan fingerprint density at radius 2 is 2.30 bits per heavy atom. The molecule has 0 aliphatic heterocycles. The zero-order valence-electron chi connectivity index (χ0n) is 5.76. The molecule has 0 saturated carbocycles. The van der Waals surface area contributed by atoms with Crippen LogP contribution in [-0.4, -0.2) is 16.1 Å². The average Bonchev–Trinajstić information content (AvgIpc) is 2.09. The van der Waals surface area contributed by atoms with Gasteiger partial charge in [0, 0.05) is 7.05 Å². The first kappa shape index (κ1) is 7.28. The number of aromatic nitrogens is 2. The van der Waals surface area contributed by atoms with Crippen molar-refractivity contribution in [3.8, 4) is 0 Å². The lowest BCUT2D eigenvalue weighted by Gasteiger charge is -1.88. The van der Waals surface area contributed by atoms with Gasteiger partial charge in [0.2, 0.25) is 0 Å². The summed E-state index contributed by atoms with van der Waals surface area (Å²) in [6.45, 7) is 1.76. The molecule has 1 rings (SSSR count). The van der Waals surface area contributed by atoms with Crippen LogP contribution in [0.2, 0.25) is 5.02 Å². The lowest BCUT2D eigenvalue weighted by molar-refractivity contribution is 0.111. The molecule has 0 aromatic carbocycles. The Kier molecular flexibility index (Phi) is 1.76. The zero-order valence-corrected chi connectivity index (χ0v) is 6.51. The smallest absolute Gasteiger partial charge is 0.169 e. The maximum atomic E-state index is 10.3. The Hall–Kier alpha value is -0.830. The fraction of sp³-hybridized carbons (Fsp3) is 0.333. The molecule has 0 fully saturated rings. The molecule has 0 spiro atoms. The van der Waals surface area contributed by atoms with Crippen LogP contribution in [0.1, 0.15) is 16.2 Å². The van der Waals surface area contributed by atoms with E-state index in [0.29, 0.717) is 22.7 Å². The standard InChI is InChI=1S/C6H7ClN2O/c1-4-6(7)5(3-10)9(2)8-4/h3H,1-2H3. The van der Waals surface area contributed by atoms with Gasteiger partial charge in [0.15, 0.2) is 6.29 Å². The van der Waals surface area contributed by atoms with E-state index in [0.717, 1.165) is 0 Å². The number of hydrogen-bond donors (Lipinski definition) is 0. The van der Waals surface area contributed by atoms with Gasteiger partial charge in [-0.2, -0.15) is 5.10 Å². The highest BCUT2D eigenvalue weighted by Crippen LogP contribution is 2.16. The van der Waals surface area contributed by atoms with Gasteiger partial charge in [-0.15, -0.1) is 0 Å². The molecule has 1 aromatic rings. The monoisotopic (exact) mass is 158 g/mol. The maximum Gasteiger partial charge on any atom is 0.169 e. The average molecular weight is 159 g/mol. The number of carbonyl (C=O) groups excluding carboxylic acids is 1. The van der Waals surface area contributed by atoms with Crippen LogP contribution < -0.4 is 0 Å². The minimum atomic E-state index is 0.430. The predicted octanol–water partition coefficient (Wildman–Crippen LogP) is 1.19. The van der Waals surface area contributed by atoms with Crippen molar-refractivity contribution in [2.45, 2.75) is 6.92 Å². The molecule has 1 heterocycles. The van der Waals surface area contributed by atoms with Gasteiger partial charge < -0.3 is 0 Å². The molecule has 3 nitrogen and oxygen atoms in total. The number of hydrogen-bond acceptors (Lipinski definition) is 2. The van der Waals surface area contributed by atoms with Gasteiger partial charge in [0.1, 0.15) is 5.69 Å². The Morgan fingerprint density at radius 3 is 2.50 bits per heavy atom. The van der Waals surface area contributed by atoms with E-state index in [2.05, 4.69) is 5.10 Å². The number of aryl methyl sites for hydroxylation is 2. The van der Waals surface area contributed by atoms with Crippen LogP contribution in [0.4, 0.5) is 0 Å². The highest BCUT2D eigenvalue weighted by molar-refractivity contribution is 6.33. The Balaban J connectivity index is 3.33. The molecule has 0 saturated heterocycles. The van der Waals surface area contributed by atoms with Crippen molar-refractivity contribution in [3.05, 3.63) is 16.4 Å². The molecule has 4 heteroatoms. The van der Waals surface area contributed by atoms with Crippen LogP contribution >= 0.6 is 11.6 Å². The molecule has 0 radical (unpaired) electrons. The normalized spacial score (nSPS) is 9.90. The minimum Gasteiger partial charge on any atom is -0.296 e. The second-order valence-corrected chi connectivity index (χ2v) is 2.40. The van der Waals surface area contributed by atoms with Crippen LogP contribution in [-0.2, 0) is 7.05 Å². The molecular formula is C6H7ClN2O. The molecule has 54 valence electrons. The largest absolute Gasteiger partial charge is 0.296 e. The van der Waals surface area contributed by atoms with Crippen LogP contribution in [0.5, 0.6) is 0 Å². The second kappa shape index (κ2) is 2.42. The number of nitrogens with zero attached hydrogens (tertiary/aromatic N) is 2. The van der Waals surface area contributed by atoms with Gasteiger partial charge in [-0.1, -0.05) is 11.6 Å². The van der Waals surface area contributed by atoms with Gasteiger partial charge in [-0.25, -0.2) is 0 Å². The number of halogens is 1. The van der Waals surface area contributed by atoms with E-state index < -0.39 is 0 Å². The van der Waals surface area contributed by atoms with Gasteiger partial charge in [0.25, 0.3) is 0 Å². The molecule has 10 heavy (non-hydrogen) atoms. The first-order chi connectivity index (χ1) is 4.66. The summed E-state index contributed by atoms with van der Waals surface area (Å²) in [4.78, 5) is 10.3. The van der Waals surface area contributed by atoms with Crippen molar-refractivity contribution in [3.63, 3.8) is 0 Å². The molecule has 0 N–H and O–H groups in total. The molecular weight excluding hydrogens is 152 g/mol. The first-order valence-electron chi connectivity index (χ1n) is 2.81. The molecule has 0 bridgehead atoms. The number of aldehydes is 1. The maximum absolute atomic E-state index is 10.3. The lowest BCUT2D eigenvalue weighted by atomic mass is 10.4. The first-order valence-corrected chi connectivity index (χ1v) is 3.19. The summed E-state index contributed by atoms with van der Waals surface area (Å²) in [5, 5.41) is 4.38. The Morgan fingerprint density at radius 1 is 1.70 bits per heavy atom. The SMILES string of the molecule is Cc1nn(C)c(C=O)c1Cl. The number of carbonyl (C=O) groups is 1. The topological polar surface area (TPSA) is 34.9 Å². The van der Waals surface area contributed by atoms with E-state index in [1.165, 1.54) is 4.68 Å². The third-order valence-corrected chi connectivity index (χ3v) is 1.77. The van der Waals surface area contributed by atoms with Crippen LogP contribution in [0.15, 0.2) is 0 Å². The van der Waals surface area contributed by atoms with Crippen LogP contribution in [0, 0.1) is 6.92 Å². The minimum absolute atomic E-state index is 0.430. The van der Waals surface area contributed by atoms with Crippen molar-refractivity contribution in [2.24, 2.45) is 7.05 Å². The van der Waals surface area contributed by atoms with E-state index in [1.54, 1.807) is 14.0 Å². The number of rotatable bonds is 1. The van der Waals surface area contributed by atoms with Gasteiger partial charge in [-0.3, -0.25) is 9.48 Å². The summed E-state index contributed by atoms with van der Waals surface area (Å²) in [6.07, 6.45) is 0.697. The van der Waals surface area contributed by atoms with Crippen molar-refractivity contribution in [1.29, 1.82) is 0 Å². The van der Waals surface area contributed by atoms with E-state index in [-0.39, 0.29) is 0 Å². The van der Waals surface area contributed by atoms with Gasteiger partial charge in [0.05, 0.1) is 10.7 Å². The summed E-state index contributed by atoms with van der Waals surface area (Å²) in [6, 6.07) is 0. The van der Waals surface area contributed by atoms with Crippen molar-refractivity contribution in [1.82, 2.24) is 9.78 Å². The third kappa shape index (κ3) is 0.926. The van der Waals surface area contributed by atoms with Crippen LogP contribution in [0.25, 0.3) is 0 Å². The zero-order chi connectivity index (χ0) is 7.72. The molecule has 1 aromatic heterocycles. The van der Waals surface area contributed by atoms with Crippen molar-refractivity contribution in [2.75, 3.05) is 0 Å². The van der Waals surface area contributed by atoms with Gasteiger partial charge >= 0.3 is 0 Å². The molecule has 0 aliphatic carbocycles. The predicted molar refractivity (Wildman–Crippen MR) is 38.3 cm³/mol. The van der Waals surface area contributed by atoms with E-state index in [9.17, 15) is 4.79 Å². The Bertz CT molecular complexity index is 267. The quantitative estimate of drug-likeness (QED) is 0.576. The molecule has 0 atom stereocenters. The van der Waals surface area contributed by atoms with Crippen molar-refractivity contribution >= 4 is 17.9 Å². The second-order valence-electron chi connectivity index (χ2n) is 2.03. The van der Waals surface area contributed by atoms with Gasteiger partial charge in [-0.05, 0) is 6.92 Å². The highest BCUT2D eigenvalue weighted by Gasteiger charge is 2.08. The Labute approximate surface area is 63.6 Å².